The summed E-state index contributed by atoms with van der Waals surface area (Å²) in [6, 6.07) is 0. The standard InChI is InChI=1S/C64H124O6/c1-58(2)50-44-38-32-26-20-14-10-7-8-12-16-23-29-35-41-47-53-62(65)68-56-61(57-69-63(66)54-48-42-36-30-24-19-18-22-28-34-40-46-52-60(5)6)70-64(67)55-49-43-37-31-25-17-13-9-11-15-21-27-33-39-45-51-59(3)4/h58-61H,7-57H2,1-6H3/t61-/m0/s1. The van der Waals surface area contributed by atoms with Gasteiger partial charge in [0.05, 0.1) is 0 Å². The Morgan fingerprint density at radius 1 is 0.243 bits per heavy atom. The summed E-state index contributed by atoms with van der Waals surface area (Å²) in [7, 11) is 0. The molecule has 0 aromatic carbocycles. The first-order valence-electron chi connectivity index (χ1n) is 31.6. The molecule has 0 heterocycles. The second-order valence-electron chi connectivity index (χ2n) is 23.5. The van der Waals surface area contributed by atoms with Gasteiger partial charge in [-0.1, -0.05) is 318 Å². The molecule has 6 heteroatoms. The quantitative estimate of drug-likeness (QED) is 0.0343. The topological polar surface area (TPSA) is 78.9 Å². The zero-order chi connectivity index (χ0) is 51.2. The van der Waals surface area contributed by atoms with Gasteiger partial charge in [0, 0.05) is 19.3 Å². The Hall–Kier alpha value is -1.59. The minimum atomic E-state index is -0.764. The molecule has 0 aliphatic carbocycles. The van der Waals surface area contributed by atoms with Crippen molar-refractivity contribution in [2.45, 2.75) is 362 Å². The molecule has 6 nitrogen and oxygen atoms in total. The van der Waals surface area contributed by atoms with Gasteiger partial charge in [0.2, 0.25) is 0 Å². The van der Waals surface area contributed by atoms with Gasteiger partial charge in [-0.2, -0.15) is 0 Å². The third-order valence-corrected chi connectivity index (χ3v) is 14.6. The minimum absolute atomic E-state index is 0.0626. The summed E-state index contributed by atoms with van der Waals surface area (Å²) in [4.78, 5) is 38.3. The van der Waals surface area contributed by atoms with Gasteiger partial charge in [-0.25, -0.2) is 0 Å². The fraction of sp³-hybridized carbons (Fsp3) is 0.953. The molecule has 0 rings (SSSR count). The highest BCUT2D eigenvalue weighted by atomic mass is 16.6. The molecule has 0 aromatic heterocycles. The number of esters is 3. The van der Waals surface area contributed by atoms with Gasteiger partial charge in [-0.05, 0) is 37.0 Å². The molecule has 0 spiro atoms. The Balaban J connectivity index is 4.29. The Morgan fingerprint density at radius 2 is 0.414 bits per heavy atom. The number of unbranched alkanes of at least 4 members (excludes halogenated alkanes) is 40. The molecule has 0 N–H and O–H groups in total. The lowest BCUT2D eigenvalue weighted by Gasteiger charge is -2.18. The van der Waals surface area contributed by atoms with E-state index in [-0.39, 0.29) is 31.1 Å². The van der Waals surface area contributed by atoms with Crippen molar-refractivity contribution in [3.05, 3.63) is 0 Å². The van der Waals surface area contributed by atoms with Gasteiger partial charge in [-0.15, -0.1) is 0 Å². The maximum Gasteiger partial charge on any atom is 0.306 e. The van der Waals surface area contributed by atoms with Crippen LogP contribution in [0.2, 0.25) is 0 Å². The van der Waals surface area contributed by atoms with E-state index in [0.29, 0.717) is 19.3 Å². The van der Waals surface area contributed by atoms with Gasteiger partial charge in [0.1, 0.15) is 13.2 Å². The first-order valence-corrected chi connectivity index (χ1v) is 31.6. The minimum Gasteiger partial charge on any atom is -0.462 e. The third kappa shape index (κ3) is 57.3. The van der Waals surface area contributed by atoms with Crippen molar-refractivity contribution < 1.29 is 28.6 Å². The number of ether oxygens (including phenoxy) is 3. The largest absolute Gasteiger partial charge is 0.462 e. The van der Waals surface area contributed by atoms with Crippen LogP contribution in [-0.4, -0.2) is 37.2 Å². The van der Waals surface area contributed by atoms with Crippen LogP contribution in [-0.2, 0) is 28.6 Å². The smallest absolute Gasteiger partial charge is 0.306 e. The van der Waals surface area contributed by atoms with E-state index in [0.717, 1.165) is 75.5 Å². The van der Waals surface area contributed by atoms with E-state index in [1.165, 1.54) is 238 Å². The van der Waals surface area contributed by atoms with E-state index in [4.69, 9.17) is 14.2 Å². The molecule has 0 bridgehead atoms. The van der Waals surface area contributed by atoms with Crippen molar-refractivity contribution >= 4 is 17.9 Å². The molecule has 1 atom stereocenters. The maximum atomic E-state index is 12.9. The third-order valence-electron chi connectivity index (χ3n) is 14.6. The van der Waals surface area contributed by atoms with Crippen molar-refractivity contribution in [3.63, 3.8) is 0 Å². The fourth-order valence-corrected chi connectivity index (χ4v) is 9.88. The van der Waals surface area contributed by atoms with Crippen LogP contribution in [0.4, 0.5) is 0 Å². The Kier molecular flexibility index (Phi) is 53.9. The van der Waals surface area contributed by atoms with Gasteiger partial charge in [0.25, 0.3) is 0 Å². The summed E-state index contributed by atoms with van der Waals surface area (Å²) >= 11 is 0. The summed E-state index contributed by atoms with van der Waals surface area (Å²) in [6.07, 6.45) is 59.6. The van der Waals surface area contributed by atoms with E-state index >= 15 is 0 Å². The van der Waals surface area contributed by atoms with Crippen molar-refractivity contribution in [1.29, 1.82) is 0 Å². The van der Waals surface area contributed by atoms with Crippen molar-refractivity contribution in [1.82, 2.24) is 0 Å². The molecule has 70 heavy (non-hydrogen) atoms. The highest BCUT2D eigenvalue weighted by Gasteiger charge is 2.19. The van der Waals surface area contributed by atoms with E-state index in [1.807, 2.05) is 0 Å². The van der Waals surface area contributed by atoms with Gasteiger partial charge >= 0.3 is 17.9 Å². The molecule has 0 fully saturated rings. The fourth-order valence-electron chi connectivity index (χ4n) is 9.88. The number of carbonyl (C=O) groups excluding carboxylic acids is 3. The van der Waals surface area contributed by atoms with E-state index in [9.17, 15) is 14.4 Å². The average Bonchev–Trinajstić information content (AvgIpc) is 3.32. The van der Waals surface area contributed by atoms with E-state index in [2.05, 4.69) is 41.5 Å². The summed E-state index contributed by atoms with van der Waals surface area (Å²) in [5.74, 6) is 1.70. The van der Waals surface area contributed by atoms with Crippen LogP contribution in [0.1, 0.15) is 356 Å². The van der Waals surface area contributed by atoms with E-state index in [1.54, 1.807) is 0 Å². The second-order valence-corrected chi connectivity index (χ2v) is 23.5. The highest BCUT2D eigenvalue weighted by Crippen LogP contribution is 2.19. The number of carbonyl (C=O) groups is 3. The maximum absolute atomic E-state index is 12.9. The molecule has 0 aromatic rings. The Bertz CT molecular complexity index is 1090. The van der Waals surface area contributed by atoms with Crippen molar-refractivity contribution in [3.8, 4) is 0 Å². The predicted octanol–water partition coefficient (Wildman–Crippen LogP) is 21.1. The molecule has 0 aliphatic rings. The molecule has 0 saturated carbocycles. The van der Waals surface area contributed by atoms with Gasteiger partial charge < -0.3 is 14.2 Å². The number of hydrogen-bond donors (Lipinski definition) is 0. The molecule has 0 radical (unpaired) electrons. The Morgan fingerprint density at radius 3 is 0.614 bits per heavy atom. The molecular weight excluding hydrogens is 865 g/mol. The molecular formula is C64H124O6. The van der Waals surface area contributed by atoms with Gasteiger partial charge in [0.15, 0.2) is 6.10 Å². The summed E-state index contributed by atoms with van der Waals surface area (Å²) in [6.45, 7) is 13.8. The Labute approximate surface area is 438 Å². The summed E-state index contributed by atoms with van der Waals surface area (Å²) in [5.41, 5.74) is 0. The van der Waals surface area contributed by atoms with Crippen LogP contribution >= 0.6 is 0 Å². The van der Waals surface area contributed by atoms with Crippen LogP contribution in [0.25, 0.3) is 0 Å². The van der Waals surface area contributed by atoms with Crippen LogP contribution in [0.3, 0.4) is 0 Å². The molecule has 416 valence electrons. The highest BCUT2D eigenvalue weighted by molar-refractivity contribution is 5.71. The molecule has 0 unspecified atom stereocenters. The number of hydrogen-bond acceptors (Lipinski definition) is 6. The lowest BCUT2D eigenvalue weighted by molar-refractivity contribution is -0.167. The zero-order valence-corrected chi connectivity index (χ0v) is 48.3. The number of rotatable bonds is 57. The first kappa shape index (κ1) is 68.4. The average molecular weight is 990 g/mol. The van der Waals surface area contributed by atoms with Crippen LogP contribution < -0.4 is 0 Å². The van der Waals surface area contributed by atoms with Crippen LogP contribution in [0.5, 0.6) is 0 Å². The van der Waals surface area contributed by atoms with Gasteiger partial charge in [-0.3, -0.25) is 14.4 Å². The molecule has 0 saturated heterocycles. The monoisotopic (exact) mass is 989 g/mol. The summed E-state index contributed by atoms with van der Waals surface area (Å²) in [5, 5.41) is 0. The lowest BCUT2D eigenvalue weighted by Crippen LogP contribution is -2.30. The van der Waals surface area contributed by atoms with Crippen LogP contribution in [0, 0.1) is 17.8 Å². The zero-order valence-electron chi connectivity index (χ0n) is 48.3. The predicted molar refractivity (Wildman–Crippen MR) is 303 cm³/mol. The molecule has 0 aliphatic heterocycles. The SMILES string of the molecule is CC(C)CCCCCCCCCCCCCCCCCCC(=O)OC[C@@H](COC(=O)CCCCCCCCCCCCCCC(C)C)OC(=O)CCCCCCCCCCCCCCCCCC(C)C. The first-order chi connectivity index (χ1) is 34.1. The normalized spacial score (nSPS) is 12.1. The molecule has 0 amide bonds. The van der Waals surface area contributed by atoms with Crippen molar-refractivity contribution in [2.75, 3.05) is 13.2 Å². The second kappa shape index (κ2) is 55.2. The summed E-state index contributed by atoms with van der Waals surface area (Å²) < 4.78 is 17.0. The van der Waals surface area contributed by atoms with Crippen molar-refractivity contribution in [2.24, 2.45) is 17.8 Å². The van der Waals surface area contributed by atoms with E-state index < -0.39 is 6.10 Å². The van der Waals surface area contributed by atoms with Crippen LogP contribution in [0.15, 0.2) is 0 Å². The lowest BCUT2D eigenvalue weighted by atomic mass is 10.0.